The molecule has 1 aromatic heterocycles. The molecule has 3 nitrogen and oxygen atoms in total. The van der Waals surface area contributed by atoms with Gasteiger partial charge in [-0.2, -0.15) is 0 Å². The first kappa shape index (κ1) is 9.71. The molecule has 1 N–H and O–H groups in total. The molecule has 0 atom stereocenters. The molecule has 70 valence electrons. The zero-order valence-electron chi connectivity index (χ0n) is 7.87. The molecule has 3 heteroatoms. The van der Waals surface area contributed by atoms with Gasteiger partial charge in [0.2, 0.25) is 0 Å². The molecule has 1 heterocycles. The van der Waals surface area contributed by atoms with Crippen LogP contribution in [0.5, 0.6) is 0 Å². The molecule has 0 bridgehead atoms. The van der Waals surface area contributed by atoms with E-state index in [1.54, 1.807) is 12.1 Å². The summed E-state index contributed by atoms with van der Waals surface area (Å²) < 4.78 is 0. The Morgan fingerprint density at radius 1 is 1.54 bits per heavy atom. The Bertz CT molecular complexity index is 321. The second-order valence-electron chi connectivity index (χ2n) is 3.00. The van der Waals surface area contributed by atoms with Crippen molar-refractivity contribution >= 4 is 5.97 Å². The number of hydrogen-bond donors (Lipinski definition) is 1. The maximum Gasteiger partial charge on any atom is 0.337 e. The molecule has 1 aromatic rings. The van der Waals surface area contributed by atoms with Crippen molar-refractivity contribution in [3.63, 3.8) is 0 Å². The fourth-order valence-electron chi connectivity index (χ4n) is 1.23. The van der Waals surface area contributed by atoms with Crippen molar-refractivity contribution in [3.8, 4) is 0 Å². The van der Waals surface area contributed by atoms with Gasteiger partial charge in [-0.15, -0.1) is 0 Å². The lowest BCUT2D eigenvalue weighted by atomic mass is 10.1. The van der Waals surface area contributed by atoms with E-state index in [0.717, 1.165) is 18.5 Å². The van der Waals surface area contributed by atoms with Crippen molar-refractivity contribution in [1.29, 1.82) is 0 Å². The molecule has 13 heavy (non-hydrogen) atoms. The summed E-state index contributed by atoms with van der Waals surface area (Å²) in [5.74, 6) is -0.893. The molecular formula is C10H13NO2. The second-order valence-corrected chi connectivity index (χ2v) is 3.00. The lowest BCUT2D eigenvalue weighted by Crippen LogP contribution is -2.05. The van der Waals surface area contributed by atoms with Gasteiger partial charge in [0.05, 0.1) is 11.3 Å². The molecule has 0 unspecified atom stereocenters. The van der Waals surface area contributed by atoms with E-state index in [1.807, 2.05) is 13.8 Å². The number of carbonyl (C=O) groups is 1. The standard InChI is InChI=1S/C10H13NO2/c1-3-4-9-8(10(12)13)6-5-7(2)11-9/h5-6H,3-4H2,1-2H3,(H,12,13). The van der Waals surface area contributed by atoms with E-state index in [2.05, 4.69) is 4.98 Å². The van der Waals surface area contributed by atoms with Crippen LogP contribution in [0.1, 0.15) is 35.1 Å². The summed E-state index contributed by atoms with van der Waals surface area (Å²) in [6.07, 6.45) is 1.64. The van der Waals surface area contributed by atoms with Crippen LogP contribution in [0.15, 0.2) is 12.1 Å². The molecule has 0 radical (unpaired) electrons. The average Bonchev–Trinajstić information content (AvgIpc) is 2.04. The number of hydrogen-bond acceptors (Lipinski definition) is 2. The Kier molecular flexibility index (Phi) is 3.01. The number of rotatable bonds is 3. The molecule has 0 aliphatic heterocycles. The highest BCUT2D eigenvalue weighted by Gasteiger charge is 2.09. The monoisotopic (exact) mass is 179 g/mol. The van der Waals surface area contributed by atoms with Gasteiger partial charge in [0, 0.05) is 5.69 Å². The molecule has 0 amide bonds. The average molecular weight is 179 g/mol. The molecule has 0 aliphatic rings. The highest BCUT2D eigenvalue weighted by Crippen LogP contribution is 2.09. The summed E-state index contributed by atoms with van der Waals surface area (Å²) in [7, 11) is 0. The van der Waals surface area contributed by atoms with Gasteiger partial charge in [-0.1, -0.05) is 13.3 Å². The first-order valence-electron chi connectivity index (χ1n) is 4.35. The summed E-state index contributed by atoms with van der Waals surface area (Å²) in [4.78, 5) is 15.0. The lowest BCUT2D eigenvalue weighted by Gasteiger charge is -2.04. The first-order chi connectivity index (χ1) is 6.15. The number of nitrogens with zero attached hydrogens (tertiary/aromatic N) is 1. The van der Waals surface area contributed by atoms with Gasteiger partial charge in [0.15, 0.2) is 0 Å². The van der Waals surface area contributed by atoms with Crippen molar-refractivity contribution in [1.82, 2.24) is 4.98 Å². The van der Waals surface area contributed by atoms with Crippen molar-refractivity contribution in [2.24, 2.45) is 0 Å². The van der Waals surface area contributed by atoms with E-state index in [4.69, 9.17) is 5.11 Å². The topological polar surface area (TPSA) is 50.2 Å². The summed E-state index contributed by atoms with van der Waals surface area (Å²) in [6, 6.07) is 3.35. The van der Waals surface area contributed by atoms with Crippen LogP contribution in [0.4, 0.5) is 0 Å². The molecular weight excluding hydrogens is 166 g/mol. The van der Waals surface area contributed by atoms with Crippen LogP contribution in [0.2, 0.25) is 0 Å². The smallest absolute Gasteiger partial charge is 0.337 e. The molecule has 0 aliphatic carbocycles. The van der Waals surface area contributed by atoms with E-state index in [1.165, 1.54) is 0 Å². The quantitative estimate of drug-likeness (QED) is 0.772. The molecule has 0 fully saturated rings. The molecule has 0 saturated heterocycles. The summed E-state index contributed by atoms with van der Waals surface area (Å²) in [5.41, 5.74) is 1.89. The minimum Gasteiger partial charge on any atom is -0.478 e. The third-order valence-electron chi connectivity index (χ3n) is 1.83. The maximum absolute atomic E-state index is 10.8. The third kappa shape index (κ3) is 2.28. The minimum atomic E-state index is -0.893. The Labute approximate surface area is 77.4 Å². The highest BCUT2D eigenvalue weighted by atomic mass is 16.4. The number of carboxylic acids is 1. The van der Waals surface area contributed by atoms with Gasteiger partial charge in [-0.3, -0.25) is 4.98 Å². The summed E-state index contributed by atoms with van der Waals surface area (Å²) in [6.45, 7) is 3.88. The maximum atomic E-state index is 10.8. The van der Waals surface area contributed by atoms with Gasteiger partial charge in [-0.05, 0) is 25.5 Å². The van der Waals surface area contributed by atoms with Crippen LogP contribution in [0.25, 0.3) is 0 Å². The minimum absolute atomic E-state index is 0.326. The lowest BCUT2D eigenvalue weighted by molar-refractivity contribution is 0.0695. The number of carboxylic acid groups (broad SMARTS) is 1. The van der Waals surface area contributed by atoms with Crippen molar-refractivity contribution in [3.05, 3.63) is 29.1 Å². The predicted octanol–water partition coefficient (Wildman–Crippen LogP) is 2.04. The zero-order chi connectivity index (χ0) is 9.84. The fraction of sp³-hybridized carbons (Fsp3) is 0.400. The SMILES string of the molecule is CCCc1nc(C)ccc1C(=O)O. The second kappa shape index (κ2) is 4.03. The van der Waals surface area contributed by atoms with Crippen molar-refractivity contribution in [2.75, 3.05) is 0 Å². The van der Waals surface area contributed by atoms with Crippen LogP contribution in [-0.2, 0) is 6.42 Å². The van der Waals surface area contributed by atoms with Crippen molar-refractivity contribution < 1.29 is 9.90 Å². The first-order valence-corrected chi connectivity index (χ1v) is 4.35. The Balaban J connectivity index is 3.10. The Morgan fingerprint density at radius 2 is 2.23 bits per heavy atom. The Hall–Kier alpha value is -1.38. The number of aromatic carboxylic acids is 1. The highest BCUT2D eigenvalue weighted by molar-refractivity contribution is 5.88. The van der Waals surface area contributed by atoms with E-state index in [0.29, 0.717) is 11.3 Å². The van der Waals surface area contributed by atoms with Gasteiger partial charge in [0.1, 0.15) is 0 Å². The van der Waals surface area contributed by atoms with Crippen LogP contribution in [-0.4, -0.2) is 16.1 Å². The zero-order valence-corrected chi connectivity index (χ0v) is 7.87. The van der Waals surface area contributed by atoms with Crippen LogP contribution in [0, 0.1) is 6.92 Å². The number of pyridine rings is 1. The van der Waals surface area contributed by atoms with Gasteiger partial charge in [0.25, 0.3) is 0 Å². The van der Waals surface area contributed by atoms with E-state index >= 15 is 0 Å². The van der Waals surface area contributed by atoms with Gasteiger partial charge < -0.3 is 5.11 Å². The molecule has 0 spiro atoms. The Morgan fingerprint density at radius 3 is 2.77 bits per heavy atom. The van der Waals surface area contributed by atoms with Crippen molar-refractivity contribution in [2.45, 2.75) is 26.7 Å². The fourth-order valence-corrected chi connectivity index (χ4v) is 1.23. The van der Waals surface area contributed by atoms with Crippen LogP contribution < -0.4 is 0 Å². The molecule has 1 rings (SSSR count). The normalized spacial score (nSPS) is 10.0. The largest absolute Gasteiger partial charge is 0.478 e. The number of aromatic nitrogens is 1. The van der Waals surface area contributed by atoms with Gasteiger partial charge in [-0.25, -0.2) is 4.79 Å². The van der Waals surface area contributed by atoms with E-state index < -0.39 is 5.97 Å². The van der Waals surface area contributed by atoms with Crippen LogP contribution in [0.3, 0.4) is 0 Å². The number of aryl methyl sites for hydroxylation is 2. The van der Waals surface area contributed by atoms with Crippen LogP contribution >= 0.6 is 0 Å². The van der Waals surface area contributed by atoms with E-state index in [-0.39, 0.29) is 0 Å². The third-order valence-corrected chi connectivity index (χ3v) is 1.83. The molecule has 0 aromatic carbocycles. The van der Waals surface area contributed by atoms with E-state index in [9.17, 15) is 4.79 Å². The molecule has 0 saturated carbocycles. The summed E-state index contributed by atoms with van der Waals surface area (Å²) in [5, 5.41) is 8.84. The summed E-state index contributed by atoms with van der Waals surface area (Å²) >= 11 is 0. The van der Waals surface area contributed by atoms with Gasteiger partial charge >= 0.3 is 5.97 Å². The predicted molar refractivity (Wildman–Crippen MR) is 49.9 cm³/mol.